The molecule has 0 bridgehead atoms. The summed E-state index contributed by atoms with van der Waals surface area (Å²) in [7, 11) is 1.86. The van der Waals surface area contributed by atoms with E-state index < -0.39 is 0 Å². The topological polar surface area (TPSA) is 70.4 Å². The van der Waals surface area contributed by atoms with Gasteiger partial charge in [0.15, 0.2) is 11.8 Å². The van der Waals surface area contributed by atoms with Crippen molar-refractivity contribution in [3.63, 3.8) is 0 Å². The van der Waals surface area contributed by atoms with E-state index in [-0.39, 0.29) is 24.0 Å². The number of aromatic nitrogens is 3. The highest BCUT2D eigenvalue weighted by molar-refractivity contribution is 14.0. The van der Waals surface area contributed by atoms with Gasteiger partial charge < -0.3 is 15.2 Å². The first kappa shape index (κ1) is 22.8. The van der Waals surface area contributed by atoms with E-state index in [1.54, 1.807) is 0 Å². The van der Waals surface area contributed by atoms with Crippen molar-refractivity contribution in [2.24, 2.45) is 4.99 Å². The fraction of sp³-hybridized carbons (Fsp3) is 0.857. The summed E-state index contributed by atoms with van der Waals surface area (Å²) in [5.41, 5.74) is 0.310. The number of rotatable bonds is 5. The molecule has 2 N–H and O–H groups in total. The molecule has 1 aliphatic carbocycles. The molecule has 0 spiro atoms. The Labute approximate surface area is 192 Å². The second-order valence-corrected chi connectivity index (χ2v) is 8.75. The van der Waals surface area contributed by atoms with Crippen LogP contribution in [0.1, 0.15) is 75.9 Å². The molecule has 7 nitrogen and oxygen atoms in total. The molecule has 4 rings (SSSR count). The van der Waals surface area contributed by atoms with Crippen molar-refractivity contribution >= 4 is 29.9 Å². The van der Waals surface area contributed by atoms with Crippen LogP contribution < -0.4 is 10.6 Å². The number of fused-ring (bicyclic) bond motifs is 1. The number of aliphatic imine (C=N–C) groups is 1. The van der Waals surface area contributed by atoms with Crippen LogP contribution >= 0.6 is 24.0 Å². The second-order valence-electron chi connectivity index (χ2n) is 8.75. The predicted octanol–water partition coefficient (Wildman–Crippen LogP) is 3.09. The maximum atomic E-state index is 4.48. The van der Waals surface area contributed by atoms with E-state index in [0.29, 0.717) is 12.1 Å². The molecule has 0 aromatic carbocycles. The smallest absolute Gasteiger partial charge is 0.191 e. The van der Waals surface area contributed by atoms with Gasteiger partial charge in [0.1, 0.15) is 5.82 Å². The van der Waals surface area contributed by atoms with Gasteiger partial charge in [-0.05, 0) is 51.6 Å². The van der Waals surface area contributed by atoms with Crippen LogP contribution in [-0.2, 0) is 19.5 Å². The average molecular weight is 515 g/mol. The summed E-state index contributed by atoms with van der Waals surface area (Å²) in [4.78, 5) is 7.26. The van der Waals surface area contributed by atoms with Crippen molar-refractivity contribution in [2.75, 3.05) is 26.7 Å². The van der Waals surface area contributed by atoms with Gasteiger partial charge in [-0.3, -0.25) is 9.89 Å². The van der Waals surface area contributed by atoms with Crippen molar-refractivity contribution in [3.05, 3.63) is 11.6 Å². The van der Waals surface area contributed by atoms with Gasteiger partial charge in [-0.25, -0.2) is 0 Å². The molecule has 0 atom stereocenters. The van der Waals surface area contributed by atoms with Crippen LogP contribution in [0.4, 0.5) is 0 Å². The lowest BCUT2D eigenvalue weighted by molar-refractivity contribution is 0.0368. The zero-order valence-corrected chi connectivity index (χ0v) is 20.3. The van der Waals surface area contributed by atoms with E-state index in [9.17, 15) is 0 Å². The first-order valence-electron chi connectivity index (χ1n) is 11.4. The molecule has 164 valence electrons. The van der Waals surface area contributed by atoms with Crippen LogP contribution in [0.2, 0.25) is 0 Å². The van der Waals surface area contributed by atoms with Crippen molar-refractivity contribution in [3.8, 4) is 0 Å². The van der Waals surface area contributed by atoms with Gasteiger partial charge in [0.25, 0.3) is 0 Å². The molecular weight excluding hydrogens is 477 g/mol. The first-order chi connectivity index (χ1) is 13.8. The van der Waals surface area contributed by atoms with E-state index in [0.717, 1.165) is 37.1 Å². The van der Waals surface area contributed by atoms with E-state index in [1.165, 1.54) is 77.3 Å². The minimum absolute atomic E-state index is 0. The molecule has 2 fully saturated rings. The van der Waals surface area contributed by atoms with Crippen molar-refractivity contribution in [2.45, 2.75) is 89.3 Å². The zero-order valence-electron chi connectivity index (χ0n) is 18.0. The molecular formula is C21H38IN7. The molecule has 1 saturated heterocycles. The number of nitrogens with one attached hydrogen (secondary N) is 2. The summed E-state index contributed by atoms with van der Waals surface area (Å²) in [5, 5.41) is 15.9. The van der Waals surface area contributed by atoms with Crippen LogP contribution in [-0.4, -0.2) is 57.8 Å². The Morgan fingerprint density at radius 1 is 0.931 bits per heavy atom. The summed E-state index contributed by atoms with van der Waals surface area (Å²) in [6.45, 7) is 5.25. The van der Waals surface area contributed by atoms with E-state index in [2.05, 4.69) is 35.3 Å². The molecule has 2 aliphatic heterocycles. The Hall–Kier alpha value is -0.900. The number of likely N-dealkylation sites (tertiary alicyclic amines) is 1. The van der Waals surface area contributed by atoms with Gasteiger partial charge in [-0.15, -0.1) is 34.2 Å². The van der Waals surface area contributed by atoms with Gasteiger partial charge in [0.2, 0.25) is 0 Å². The Bertz CT molecular complexity index is 660. The first-order valence-corrected chi connectivity index (χ1v) is 11.4. The molecule has 0 unspecified atom stereocenters. The largest absolute Gasteiger partial charge is 0.355 e. The minimum atomic E-state index is 0. The Morgan fingerprint density at radius 2 is 1.66 bits per heavy atom. The van der Waals surface area contributed by atoms with Crippen molar-refractivity contribution in [1.29, 1.82) is 0 Å². The second kappa shape index (κ2) is 10.9. The van der Waals surface area contributed by atoms with Crippen LogP contribution in [0.5, 0.6) is 0 Å². The van der Waals surface area contributed by atoms with Gasteiger partial charge in [0, 0.05) is 32.1 Å². The van der Waals surface area contributed by atoms with Crippen LogP contribution in [0.3, 0.4) is 0 Å². The lowest BCUT2D eigenvalue weighted by Gasteiger charge is -2.48. The fourth-order valence-electron chi connectivity index (χ4n) is 5.31. The molecule has 29 heavy (non-hydrogen) atoms. The number of guanidine groups is 1. The molecule has 3 heterocycles. The van der Waals surface area contributed by atoms with Gasteiger partial charge in [-0.1, -0.05) is 25.7 Å². The Morgan fingerprint density at radius 3 is 2.41 bits per heavy atom. The highest BCUT2D eigenvalue weighted by atomic mass is 127. The Balaban J connectivity index is 0.00000240. The summed E-state index contributed by atoms with van der Waals surface area (Å²) >= 11 is 0. The number of piperidine rings is 1. The van der Waals surface area contributed by atoms with Gasteiger partial charge in [-0.2, -0.15) is 0 Å². The lowest BCUT2D eigenvalue weighted by atomic mass is 9.79. The highest BCUT2D eigenvalue weighted by Gasteiger charge is 2.38. The third kappa shape index (κ3) is 5.42. The Kier molecular flexibility index (Phi) is 8.58. The summed E-state index contributed by atoms with van der Waals surface area (Å²) in [6.07, 6.45) is 14.3. The van der Waals surface area contributed by atoms with Crippen LogP contribution in [0.15, 0.2) is 4.99 Å². The number of halogens is 1. The number of aryl methyl sites for hydroxylation is 1. The van der Waals surface area contributed by atoms with Crippen molar-refractivity contribution in [1.82, 2.24) is 30.3 Å². The third-order valence-corrected chi connectivity index (χ3v) is 6.97. The summed E-state index contributed by atoms with van der Waals surface area (Å²) in [6, 6.07) is 0. The molecule has 0 amide bonds. The maximum absolute atomic E-state index is 4.48. The quantitative estimate of drug-likeness (QED) is 0.359. The summed E-state index contributed by atoms with van der Waals surface area (Å²) < 4.78 is 2.28. The molecule has 0 radical (unpaired) electrons. The van der Waals surface area contributed by atoms with Gasteiger partial charge >= 0.3 is 0 Å². The predicted molar refractivity (Wildman–Crippen MR) is 128 cm³/mol. The standard InChI is InChI=1S/C21H37N7.HI/c1-22-20(23-16-19-26-25-18-10-4-9-15-28(18)19)24-17-21(11-5-2-6-12-21)27-13-7-3-8-14-27;/h2-17H2,1H3,(H2,22,23,24);1H. The van der Waals surface area contributed by atoms with Crippen molar-refractivity contribution < 1.29 is 0 Å². The lowest BCUT2D eigenvalue weighted by Crippen LogP contribution is -2.59. The van der Waals surface area contributed by atoms with E-state index in [1.807, 2.05) is 7.05 Å². The van der Waals surface area contributed by atoms with Crippen LogP contribution in [0.25, 0.3) is 0 Å². The van der Waals surface area contributed by atoms with E-state index >= 15 is 0 Å². The maximum Gasteiger partial charge on any atom is 0.191 e. The molecule has 3 aliphatic rings. The SMILES string of the molecule is CN=C(NCc1nnc2n1CCCC2)NCC1(N2CCCCC2)CCCCC1.I. The molecule has 1 aromatic heterocycles. The molecule has 8 heteroatoms. The van der Waals surface area contributed by atoms with Crippen LogP contribution in [0, 0.1) is 0 Å². The number of nitrogens with zero attached hydrogens (tertiary/aromatic N) is 5. The number of hydrogen-bond acceptors (Lipinski definition) is 4. The fourth-order valence-corrected chi connectivity index (χ4v) is 5.31. The van der Waals surface area contributed by atoms with E-state index in [4.69, 9.17) is 0 Å². The minimum Gasteiger partial charge on any atom is -0.355 e. The summed E-state index contributed by atoms with van der Waals surface area (Å²) in [5.74, 6) is 3.05. The number of hydrogen-bond donors (Lipinski definition) is 2. The monoisotopic (exact) mass is 515 g/mol. The average Bonchev–Trinajstić information content (AvgIpc) is 3.18. The third-order valence-electron chi connectivity index (χ3n) is 6.97. The van der Waals surface area contributed by atoms with Gasteiger partial charge in [0.05, 0.1) is 6.54 Å². The normalized spacial score (nSPS) is 22.4. The zero-order chi connectivity index (χ0) is 19.2. The molecule has 1 aromatic rings. The molecule has 1 saturated carbocycles. The highest BCUT2D eigenvalue weighted by Crippen LogP contribution is 2.35.